The van der Waals surface area contributed by atoms with Crippen LogP contribution >= 0.6 is 0 Å². The summed E-state index contributed by atoms with van der Waals surface area (Å²) in [4.78, 5) is 15.3. The van der Waals surface area contributed by atoms with E-state index in [1.165, 1.54) is 7.11 Å². The van der Waals surface area contributed by atoms with Crippen LogP contribution in [0, 0.1) is 0 Å². The van der Waals surface area contributed by atoms with Gasteiger partial charge >= 0.3 is 5.97 Å². The van der Waals surface area contributed by atoms with Gasteiger partial charge in [0, 0.05) is 18.3 Å². The summed E-state index contributed by atoms with van der Waals surface area (Å²) in [5.74, 6) is -0.511. The molecule has 1 rings (SSSR count). The first-order chi connectivity index (χ1) is 9.04. The Morgan fingerprint density at radius 1 is 1.53 bits per heavy atom. The topological polar surface area (TPSA) is 74.4 Å². The van der Waals surface area contributed by atoms with Crippen LogP contribution in [0.4, 0.5) is 8.78 Å². The smallest absolute Gasteiger partial charge is 0.311 e. The van der Waals surface area contributed by atoms with Crippen LogP contribution in [0.3, 0.4) is 0 Å². The highest BCUT2D eigenvalue weighted by Gasteiger charge is 2.21. The van der Waals surface area contributed by atoms with Crippen molar-refractivity contribution in [2.45, 2.75) is 26.3 Å². The molecule has 1 aromatic heterocycles. The maximum Gasteiger partial charge on any atom is 0.311 e. The number of esters is 1. The molecule has 0 bridgehead atoms. The minimum Gasteiger partial charge on any atom is -0.496 e. The summed E-state index contributed by atoms with van der Waals surface area (Å²) in [6.45, 7) is 1.87. The van der Waals surface area contributed by atoms with E-state index >= 15 is 0 Å². The van der Waals surface area contributed by atoms with Gasteiger partial charge in [0.2, 0.25) is 0 Å². The molecule has 0 amide bonds. The van der Waals surface area contributed by atoms with Crippen molar-refractivity contribution in [3.8, 4) is 5.75 Å². The molecule has 0 radical (unpaired) electrons. The van der Waals surface area contributed by atoms with Crippen molar-refractivity contribution in [2.75, 3.05) is 13.7 Å². The second-order valence-electron chi connectivity index (χ2n) is 3.66. The Kier molecular flexibility index (Phi) is 5.62. The predicted molar refractivity (Wildman–Crippen MR) is 64.0 cm³/mol. The van der Waals surface area contributed by atoms with Crippen LogP contribution in [0.25, 0.3) is 0 Å². The number of methoxy groups -OCH3 is 1. The number of nitrogens with two attached hydrogens (primary N) is 1. The fourth-order valence-electron chi connectivity index (χ4n) is 1.70. The molecule has 0 fully saturated rings. The number of hydrogen-bond donors (Lipinski definition) is 1. The highest BCUT2D eigenvalue weighted by atomic mass is 19.3. The van der Waals surface area contributed by atoms with E-state index in [0.717, 1.165) is 6.20 Å². The van der Waals surface area contributed by atoms with Crippen LogP contribution in [0.5, 0.6) is 5.75 Å². The van der Waals surface area contributed by atoms with Crippen LogP contribution in [-0.2, 0) is 22.5 Å². The fraction of sp³-hybridized carbons (Fsp3) is 0.500. The zero-order chi connectivity index (χ0) is 14.4. The molecule has 0 atom stereocenters. The minimum absolute atomic E-state index is 0.0215. The van der Waals surface area contributed by atoms with E-state index < -0.39 is 12.4 Å². The molecule has 0 saturated heterocycles. The Labute approximate surface area is 109 Å². The highest BCUT2D eigenvalue weighted by Crippen LogP contribution is 2.32. The van der Waals surface area contributed by atoms with Gasteiger partial charge in [-0.2, -0.15) is 0 Å². The fourth-order valence-corrected chi connectivity index (χ4v) is 1.70. The SMILES string of the molecule is CCOC(=O)Cc1ncc(C(F)F)c(OC)c1CN. The summed E-state index contributed by atoms with van der Waals surface area (Å²) in [6.07, 6.45) is -1.85. The van der Waals surface area contributed by atoms with Crippen LogP contribution in [0.1, 0.15) is 30.2 Å². The zero-order valence-corrected chi connectivity index (χ0v) is 10.8. The largest absolute Gasteiger partial charge is 0.496 e. The van der Waals surface area contributed by atoms with Gasteiger partial charge in [0.05, 0.1) is 31.4 Å². The number of carbonyl (C=O) groups excluding carboxylic acids is 1. The standard InChI is InChI=1S/C12H16F2N2O3/c1-3-19-10(17)4-9-7(5-15)11(18-2)8(6-16-9)12(13)14/h6,12H,3-5,15H2,1-2H3. The molecule has 1 heterocycles. The van der Waals surface area contributed by atoms with Crippen LogP contribution < -0.4 is 10.5 Å². The second-order valence-corrected chi connectivity index (χ2v) is 3.66. The average Bonchev–Trinajstić information content (AvgIpc) is 2.37. The van der Waals surface area contributed by atoms with E-state index in [0.29, 0.717) is 11.3 Å². The van der Waals surface area contributed by atoms with E-state index in [1.807, 2.05) is 0 Å². The van der Waals surface area contributed by atoms with Crippen molar-refractivity contribution in [2.24, 2.45) is 5.73 Å². The molecule has 19 heavy (non-hydrogen) atoms. The van der Waals surface area contributed by atoms with Crippen molar-refractivity contribution in [1.82, 2.24) is 4.98 Å². The summed E-state index contributed by atoms with van der Waals surface area (Å²) in [6, 6.07) is 0. The predicted octanol–water partition coefficient (Wildman–Crippen LogP) is 1.59. The van der Waals surface area contributed by atoms with E-state index in [2.05, 4.69) is 4.98 Å². The van der Waals surface area contributed by atoms with Gasteiger partial charge in [0.1, 0.15) is 5.75 Å². The van der Waals surface area contributed by atoms with E-state index in [1.54, 1.807) is 6.92 Å². The van der Waals surface area contributed by atoms with Crippen molar-refractivity contribution in [3.63, 3.8) is 0 Å². The quantitative estimate of drug-likeness (QED) is 0.797. The van der Waals surface area contributed by atoms with Crippen molar-refractivity contribution < 1.29 is 23.0 Å². The van der Waals surface area contributed by atoms with Crippen molar-refractivity contribution in [1.29, 1.82) is 0 Å². The number of hydrogen-bond acceptors (Lipinski definition) is 5. The average molecular weight is 274 g/mol. The van der Waals surface area contributed by atoms with Crippen LogP contribution in [-0.4, -0.2) is 24.7 Å². The van der Waals surface area contributed by atoms with E-state index in [9.17, 15) is 13.6 Å². The highest BCUT2D eigenvalue weighted by molar-refractivity contribution is 5.72. The molecule has 0 unspecified atom stereocenters. The second kappa shape index (κ2) is 6.98. The lowest BCUT2D eigenvalue weighted by Crippen LogP contribution is -2.14. The summed E-state index contributed by atoms with van der Waals surface area (Å²) in [5.41, 5.74) is 5.78. The first-order valence-corrected chi connectivity index (χ1v) is 5.73. The first kappa shape index (κ1) is 15.3. The maximum absolute atomic E-state index is 12.8. The first-order valence-electron chi connectivity index (χ1n) is 5.73. The number of alkyl halides is 2. The molecular formula is C12H16F2N2O3. The van der Waals surface area contributed by atoms with Gasteiger partial charge in [0.25, 0.3) is 6.43 Å². The van der Waals surface area contributed by atoms with Gasteiger partial charge in [-0.05, 0) is 6.92 Å². The van der Waals surface area contributed by atoms with Gasteiger partial charge < -0.3 is 15.2 Å². The molecule has 0 aliphatic rings. The van der Waals surface area contributed by atoms with Gasteiger partial charge in [-0.15, -0.1) is 0 Å². The lowest BCUT2D eigenvalue weighted by atomic mass is 10.1. The van der Waals surface area contributed by atoms with Gasteiger partial charge in [-0.3, -0.25) is 9.78 Å². The van der Waals surface area contributed by atoms with E-state index in [4.69, 9.17) is 15.2 Å². The molecule has 106 valence electrons. The molecule has 2 N–H and O–H groups in total. The summed E-state index contributed by atoms with van der Waals surface area (Å²) < 4.78 is 35.3. The number of ether oxygens (including phenoxy) is 2. The summed E-state index contributed by atoms with van der Waals surface area (Å²) >= 11 is 0. The summed E-state index contributed by atoms with van der Waals surface area (Å²) in [5, 5.41) is 0. The Hall–Kier alpha value is -1.76. The number of rotatable bonds is 6. The van der Waals surface area contributed by atoms with Crippen LogP contribution in [0.2, 0.25) is 0 Å². The Bertz CT molecular complexity index is 453. The molecule has 0 spiro atoms. The van der Waals surface area contributed by atoms with E-state index in [-0.39, 0.29) is 30.9 Å². The molecule has 5 nitrogen and oxygen atoms in total. The Morgan fingerprint density at radius 3 is 2.68 bits per heavy atom. The van der Waals surface area contributed by atoms with Crippen molar-refractivity contribution >= 4 is 5.97 Å². The molecule has 0 aliphatic heterocycles. The third kappa shape index (κ3) is 3.60. The third-order valence-electron chi connectivity index (χ3n) is 2.50. The van der Waals surface area contributed by atoms with Crippen molar-refractivity contribution in [3.05, 3.63) is 23.0 Å². The zero-order valence-electron chi connectivity index (χ0n) is 10.8. The summed E-state index contributed by atoms with van der Waals surface area (Å²) in [7, 11) is 1.27. The van der Waals surface area contributed by atoms with Gasteiger partial charge in [0.15, 0.2) is 0 Å². The number of nitrogens with zero attached hydrogens (tertiary/aromatic N) is 1. The lowest BCUT2D eigenvalue weighted by Gasteiger charge is -2.15. The maximum atomic E-state index is 12.8. The number of carbonyl (C=O) groups is 1. The number of pyridine rings is 1. The van der Waals surface area contributed by atoms with Gasteiger partial charge in [-0.25, -0.2) is 8.78 Å². The molecular weight excluding hydrogens is 258 g/mol. The Morgan fingerprint density at radius 2 is 2.21 bits per heavy atom. The molecule has 0 aliphatic carbocycles. The third-order valence-corrected chi connectivity index (χ3v) is 2.50. The van der Waals surface area contributed by atoms with Crippen LogP contribution in [0.15, 0.2) is 6.20 Å². The lowest BCUT2D eigenvalue weighted by molar-refractivity contribution is -0.142. The molecule has 0 aromatic carbocycles. The number of halogens is 2. The number of aromatic nitrogens is 1. The Balaban J connectivity index is 3.16. The monoisotopic (exact) mass is 274 g/mol. The molecule has 7 heteroatoms. The minimum atomic E-state index is -2.72. The van der Waals surface area contributed by atoms with Gasteiger partial charge in [-0.1, -0.05) is 0 Å². The molecule has 0 saturated carbocycles. The normalized spacial score (nSPS) is 10.6. The molecule has 1 aromatic rings.